The Morgan fingerprint density at radius 1 is 1.25 bits per heavy atom. The Hall–Kier alpha value is -2.04. The number of hydrogen-bond acceptors (Lipinski definition) is 3. The van der Waals surface area contributed by atoms with Gasteiger partial charge >= 0.3 is 0 Å². The zero-order valence-electron chi connectivity index (χ0n) is 12.0. The fourth-order valence-corrected chi connectivity index (χ4v) is 1.83. The van der Waals surface area contributed by atoms with Crippen LogP contribution in [0.3, 0.4) is 0 Å². The smallest absolute Gasteiger partial charge is 0.242 e. The van der Waals surface area contributed by atoms with Crippen LogP contribution >= 0.6 is 0 Å². The van der Waals surface area contributed by atoms with Crippen LogP contribution in [-0.2, 0) is 16.0 Å². The molecule has 20 heavy (non-hydrogen) atoms. The number of aromatic hydroxyl groups is 1. The lowest BCUT2D eigenvalue weighted by Gasteiger charge is -2.17. The average Bonchev–Trinajstić information content (AvgIpc) is 2.40. The number of unbranched alkanes of at least 4 members (excludes halogenated alkanes) is 1. The molecule has 0 radical (unpaired) electrons. The predicted octanol–water partition coefficient (Wildman–Crippen LogP) is 1.36. The molecule has 0 aromatic heterocycles. The molecule has 0 bridgehead atoms. The third kappa shape index (κ3) is 5.73. The first-order valence-electron chi connectivity index (χ1n) is 6.85. The van der Waals surface area contributed by atoms with Gasteiger partial charge in [0.2, 0.25) is 11.8 Å². The molecular formula is C15H22N2O3. The van der Waals surface area contributed by atoms with E-state index >= 15 is 0 Å². The standard InChI is InChI=1S/C15H22N2O3/c1-3-4-9-16-15(20)14(17-11(2)18)10-12-5-7-13(19)8-6-12/h5-8,14,19H,3-4,9-10H2,1-2H3,(H,16,20)(H,17,18). The van der Waals surface area contributed by atoms with Crippen LogP contribution in [0.1, 0.15) is 32.3 Å². The van der Waals surface area contributed by atoms with E-state index in [1.54, 1.807) is 24.3 Å². The summed E-state index contributed by atoms with van der Waals surface area (Å²) in [5.74, 6) is -0.238. The van der Waals surface area contributed by atoms with Crippen molar-refractivity contribution < 1.29 is 14.7 Å². The largest absolute Gasteiger partial charge is 0.508 e. The van der Waals surface area contributed by atoms with Crippen molar-refractivity contribution in [2.24, 2.45) is 0 Å². The summed E-state index contributed by atoms with van der Waals surface area (Å²) in [4.78, 5) is 23.3. The highest BCUT2D eigenvalue weighted by atomic mass is 16.3. The van der Waals surface area contributed by atoms with E-state index in [4.69, 9.17) is 0 Å². The van der Waals surface area contributed by atoms with Crippen LogP contribution in [0.4, 0.5) is 0 Å². The maximum absolute atomic E-state index is 12.0. The highest BCUT2D eigenvalue weighted by molar-refractivity contribution is 5.87. The SMILES string of the molecule is CCCCNC(=O)C(Cc1ccc(O)cc1)NC(C)=O. The molecule has 1 aromatic carbocycles. The minimum Gasteiger partial charge on any atom is -0.508 e. The summed E-state index contributed by atoms with van der Waals surface area (Å²) in [7, 11) is 0. The zero-order valence-corrected chi connectivity index (χ0v) is 12.0. The number of amides is 2. The number of phenolic OH excluding ortho intramolecular Hbond substituents is 1. The lowest BCUT2D eigenvalue weighted by molar-refractivity contribution is -0.128. The van der Waals surface area contributed by atoms with Gasteiger partial charge in [-0.3, -0.25) is 9.59 Å². The van der Waals surface area contributed by atoms with E-state index in [1.807, 2.05) is 6.92 Å². The second-order valence-electron chi connectivity index (χ2n) is 4.77. The lowest BCUT2D eigenvalue weighted by Crippen LogP contribution is -2.47. The molecule has 1 rings (SSSR count). The first kappa shape index (κ1) is 16.0. The molecule has 3 N–H and O–H groups in total. The summed E-state index contributed by atoms with van der Waals surface area (Å²) in [6.45, 7) is 4.05. The van der Waals surface area contributed by atoms with Crippen molar-refractivity contribution in [1.82, 2.24) is 10.6 Å². The van der Waals surface area contributed by atoms with Crippen molar-refractivity contribution in [3.63, 3.8) is 0 Å². The number of carbonyl (C=O) groups excluding carboxylic acids is 2. The molecule has 0 fully saturated rings. The number of benzene rings is 1. The van der Waals surface area contributed by atoms with E-state index in [1.165, 1.54) is 6.92 Å². The van der Waals surface area contributed by atoms with Gasteiger partial charge in [-0.15, -0.1) is 0 Å². The highest BCUT2D eigenvalue weighted by Gasteiger charge is 2.19. The normalized spacial score (nSPS) is 11.7. The quantitative estimate of drug-likeness (QED) is 0.659. The van der Waals surface area contributed by atoms with E-state index in [0.717, 1.165) is 18.4 Å². The zero-order chi connectivity index (χ0) is 15.0. The van der Waals surface area contributed by atoms with Crippen LogP contribution in [0, 0.1) is 0 Å². The van der Waals surface area contributed by atoms with Crippen LogP contribution < -0.4 is 10.6 Å². The molecule has 0 saturated heterocycles. The van der Waals surface area contributed by atoms with Gasteiger partial charge in [-0.2, -0.15) is 0 Å². The Kier molecular flexibility index (Phi) is 6.56. The minimum atomic E-state index is -0.589. The number of phenols is 1. The van der Waals surface area contributed by atoms with Gasteiger partial charge < -0.3 is 15.7 Å². The molecule has 110 valence electrons. The predicted molar refractivity (Wildman–Crippen MR) is 77.3 cm³/mol. The summed E-state index contributed by atoms with van der Waals surface area (Å²) in [6.07, 6.45) is 2.32. The maximum atomic E-state index is 12.0. The summed E-state index contributed by atoms with van der Waals surface area (Å²) >= 11 is 0. The third-order valence-corrected chi connectivity index (χ3v) is 2.90. The maximum Gasteiger partial charge on any atom is 0.242 e. The van der Waals surface area contributed by atoms with Crippen LogP contribution in [0.2, 0.25) is 0 Å². The van der Waals surface area contributed by atoms with Gasteiger partial charge in [-0.1, -0.05) is 25.5 Å². The first-order chi connectivity index (χ1) is 9.52. The van der Waals surface area contributed by atoms with Gasteiger partial charge in [0.25, 0.3) is 0 Å². The van der Waals surface area contributed by atoms with E-state index < -0.39 is 6.04 Å². The molecule has 0 aliphatic carbocycles. The Labute approximate surface area is 119 Å². The highest BCUT2D eigenvalue weighted by Crippen LogP contribution is 2.11. The number of nitrogens with one attached hydrogen (secondary N) is 2. The molecule has 5 heteroatoms. The van der Waals surface area contributed by atoms with Crippen LogP contribution in [-0.4, -0.2) is 29.5 Å². The van der Waals surface area contributed by atoms with Crippen LogP contribution in [0.15, 0.2) is 24.3 Å². The third-order valence-electron chi connectivity index (χ3n) is 2.90. The molecule has 0 spiro atoms. The molecule has 0 aliphatic rings. The Balaban J connectivity index is 2.65. The van der Waals surface area contributed by atoms with Gasteiger partial charge in [0.05, 0.1) is 0 Å². The summed E-state index contributed by atoms with van der Waals surface area (Å²) < 4.78 is 0. The topological polar surface area (TPSA) is 78.4 Å². The molecule has 0 saturated carbocycles. The van der Waals surface area contributed by atoms with Crippen molar-refractivity contribution in [1.29, 1.82) is 0 Å². The lowest BCUT2D eigenvalue weighted by atomic mass is 10.0. The summed E-state index contributed by atoms with van der Waals surface area (Å²) in [6, 6.07) is 6.02. The van der Waals surface area contributed by atoms with Gasteiger partial charge in [0.15, 0.2) is 0 Å². The molecule has 0 heterocycles. The number of hydrogen-bond donors (Lipinski definition) is 3. The molecular weight excluding hydrogens is 256 g/mol. The van der Waals surface area contributed by atoms with Gasteiger partial charge in [0.1, 0.15) is 11.8 Å². The van der Waals surface area contributed by atoms with Crippen molar-refractivity contribution in [3.8, 4) is 5.75 Å². The van der Waals surface area contributed by atoms with E-state index in [0.29, 0.717) is 13.0 Å². The van der Waals surface area contributed by atoms with Crippen molar-refractivity contribution in [2.75, 3.05) is 6.54 Å². The Morgan fingerprint density at radius 3 is 2.45 bits per heavy atom. The molecule has 1 aromatic rings. The van der Waals surface area contributed by atoms with Gasteiger partial charge in [-0.05, 0) is 24.1 Å². The van der Waals surface area contributed by atoms with Gasteiger partial charge in [-0.25, -0.2) is 0 Å². The Bertz CT molecular complexity index is 443. The van der Waals surface area contributed by atoms with Crippen molar-refractivity contribution in [2.45, 2.75) is 39.2 Å². The fraction of sp³-hybridized carbons (Fsp3) is 0.467. The summed E-state index contributed by atoms with van der Waals surface area (Å²) in [5, 5.41) is 14.7. The number of carbonyl (C=O) groups is 2. The van der Waals surface area contributed by atoms with E-state index in [-0.39, 0.29) is 17.6 Å². The van der Waals surface area contributed by atoms with Crippen LogP contribution in [0.5, 0.6) is 5.75 Å². The molecule has 1 atom stereocenters. The molecule has 2 amide bonds. The minimum absolute atomic E-state index is 0.178. The number of rotatable bonds is 7. The van der Waals surface area contributed by atoms with Crippen molar-refractivity contribution >= 4 is 11.8 Å². The van der Waals surface area contributed by atoms with E-state index in [2.05, 4.69) is 10.6 Å². The fourth-order valence-electron chi connectivity index (χ4n) is 1.83. The second-order valence-corrected chi connectivity index (χ2v) is 4.77. The molecule has 1 unspecified atom stereocenters. The van der Waals surface area contributed by atoms with E-state index in [9.17, 15) is 14.7 Å². The molecule has 0 aliphatic heterocycles. The molecule has 5 nitrogen and oxygen atoms in total. The second kappa shape index (κ2) is 8.19. The van der Waals surface area contributed by atoms with Crippen LogP contribution in [0.25, 0.3) is 0 Å². The Morgan fingerprint density at radius 2 is 1.90 bits per heavy atom. The van der Waals surface area contributed by atoms with Gasteiger partial charge in [0, 0.05) is 19.9 Å². The average molecular weight is 278 g/mol. The monoisotopic (exact) mass is 278 g/mol. The summed E-state index contributed by atoms with van der Waals surface area (Å²) in [5.41, 5.74) is 0.882. The van der Waals surface area contributed by atoms with Crippen molar-refractivity contribution in [3.05, 3.63) is 29.8 Å². The first-order valence-corrected chi connectivity index (χ1v) is 6.85.